The van der Waals surface area contributed by atoms with Crippen molar-refractivity contribution in [1.29, 1.82) is 0 Å². The number of rotatable bonds is 11. The van der Waals surface area contributed by atoms with Crippen LogP contribution >= 0.6 is 11.3 Å². The molecule has 0 unspecified atom stereocenters. The standard InChI is InChI=1S/C28H31N3O7S2/c1-6-38-21-10-8-20(9-11-21)30(40(34,35)22-12-14-24(36-4)25(16-22)37-5)17-27(32)29-19-7-13-23-26(15-19)39-28(33)31(23)18(2)3/h7-16,18H,6,17H2,1-5H3,(H,29,32). The maximum atomic E-state index is 13.9. The fraction of sp³-hybridized carbons (Fsp3) is 0.286. The molecule has 1 N–H and O–H groups in total. The van der Waals surface area contributed by atoms with E-state index in [4.69, 9.17) is 14.2 Å². The molecular weight excluding hydrogens is 554 g/mol. The molecule has 0 spiro atoms. The molecule has 3 aromatic carbocycles. The fourth-order valence-electron chi connectivity index (χ4n) is 4.23. The van der Waals surface area contributed by atoms with Crippen LogP contribution in [0.25, 0.3) is 10.2 Å². The maximum Gasteiger partial charge on any atom is 0.308 e. The predicted molar refractivity (Wildman–Crippen MR) is 157 cm³/mol. The van der Waals surface area contributed by atoms with Crippen molar-refractivity contribution < 1.29 is 27.4 Å². The van der Waals surface area contributed by atoms with Gasteiger partial charge in [-0.2, -0.15) is 0 Å². The minimum absolute atomic E-state index is 0.00819. The van der Waals surface area contributed by atoms with Gasteiger partial charge in [-0.25, -0.2) is 8.42 Å². The number of nitrogens with zero attached hydrogens (tertiary/aromatic N) is 2. The molecule has 0 atom stereocenters. The number of hydrogen-bond donors (Lipinski definition) is 1. The highest BCUT2D eigenvalue weighted by Crippen LogP contribution is 2.33. The normalized spacial score (nSPS) is 11.4. The van der Waals surface area contributed by atoms with Gasteiger partial charge >= 0.3 is 4.87 Å². The van der Waals surface area contributed by atoms with Crippen LogP contribution in [-0.4, -0.2) is 46.3 Å². The second-order valence-corrected chi connectivity index (χ2v) is 11.9. The van der Waals surface area contributed by atoms with Crippen LogP contribution in [0.5, 0.6) is 17.2 Å². The highest BCUT2D eigenvalue weighted by Gasteiger charge is 2.28. The van der Waals surface area contributed by atoms with E-state index in [2.05, 4.69) is 5.32 Å². The summed E-state index contributed by atoms with van der Waals surface area (Å²) in [7, 11) is -1.35. The Morgan fingerprint density at radius 1 is 1.00 bits per heavy atom. The van der Waals surface area contributed by atoms with Gasteiger partial charge in [-0.3, -0.25) is 18.5 Å². The summed E-state index contributed by atoms with van der Waals surface area (Å²) in [5, 5.41) is 2.77. The molecule has 0 saturated heterocycles. The number of benzene rings is 3. The lowest BCUT2D eigenvalue weighted by Crippen LogP contribution is -2.38. The highest BCUT2D eigenvalue weighted by molar-refractivity contribution is 7.92. The summed E-state index contributed by atoms with van der Waals surface area (Å²) in [4.78, 5) is 25.5. The van der Waals surface area contributed by atoms with Crippen LogP contribution in [0, 0.1) is 0 Å². The lowest BCUT2D eigenvalue weighted by atomic mass is 10.2. The zero-order valence-electron chi connectivity index (χ0n) is 22.8. The van der Waals surface area contributed by atoms with E-state index in [0.717, 1.165) is 25.9 Å². The number of carbonyl (C=O) groups excluding carboxylic acids is 1. The molecule has 1 amide bonds. The number of hydrogen-bond acceptors (Lipinski definition) is 8. The molecule has 0 aliphatic rings. The molecule has 4 aromatic rings. The van der Waals surface area contributed by atoms with Crippen molar-refractivity contribution >= 4 is 48.9 Å². The Balaban J connectivity index is 1.67. The Morgan fingerprint density at radius 2 is 1.70 bits per heavy atom. The first-order valence-electron chi connectivity index (χ1n) is 12.5. The first-order valence-corrected chi connectivity index (χ1v) is 14.8. The second-order valence-electron chi connectivity index (χ2n) is 9.02. The molecular formula is C28H31N3O7S2. The zero-order chi connectivity index (χ0) is 29.0. The van der Waals surface area contributed by atoms with E-state index < -0.39 is 22.5 Å². The Labute approximate surface area is 236 Å². The number of sulfonamides is 1. The van der Waals surface area contributed by atoms with Crippen molar-refractivity contribution in [3.8, 4) is 17.2 Å². The molecule has 1 aromatic heterocycles. The number of fused-ring (bicyclic) bond motifs is 1. The van der Waals surface area contributed by atoms with Crippen molar-refractivity contribution in [2.24, 2.45) is 0 Å². The maximum absolute atomic E-state index is 13.9. The van der Waals surface area contributed by atoms with Gasteiger partial charge in [0.25, 0.3) is 10.0 Å². The van der Waals surface area contributed by atoms with Gasteiger partial charge in [0.15, 0.2) is 11.5 Å². The van der Waals surface area contributed by atoms with Gasteiger partial charge in [0.2, 0.25) is 5.91 Å². The summed E-state index contributed by atoms with van der Waals surface area (Å²) in [6, 6.07) is 15.8. The average molecular weight is 586 g/mol. The molecule has 0 aliphatic heterocycles. The number of aromatic nitrogens is 1. The van der Waals surface area contributed by atoms with E-state index in [0.29, 0.717) is 23.8 Å². The Morgan fingerprint density at radius 3 is 2.33 bits per heavy atom. The third kappa shape index (κ3) is 5.92. The van der Waals surface area contributed by atoms with Crippen LogP contribution in [0.2, 0.25) is 0 Å². The molecule has 1 heterocycles. The minimum atomic E-state index is -4.22. The number of anilines is 2. The van der Waals surface area contributed by atoms with Gasteiger partial charge in [0, 0.05) is 17.8 Å². The highest BCUT2D eigenvalue weighted by atomic mass is 32.2. The van der Waals surface area contributed by atoms with Crippen LogP contribution < -0.4 is 28.7 Å². The van der Waals surface area contributed by atoms with Crippen molar-refractivity contribution in [1.82, 2.24) is 4.57 Å². The van der Waals surface area contributed by atoms with E-state index in [-0.39, 0.29) is 27.2 Å². The van der Waals surface area contributed by atoms with E-state index in [1.54, 1.807) is 47.0 Å². The van der Waals surface area contributed by atoms with Gasteiger partial charge in [0.05, 0.1) is 41.6 Å². The monoisotopic (exact) mass is 585 g/mol. The van der Waals surface area contributed by atoms with Gasteiger partial charge in [-0.1, -0.05) is 11.3 Å². The summed E-state index contributed by atoms with van der Waals surface area (Å²) in [5.74, 6) is 0.615. The number of carbonyl (C=O) groups is 1. The molecule has 0 radical (unpaired) electrons. The molecule has 4 rings (SSSR count). The Kier molecular flexibility index (Phi) is 8.70. The molecule has 0 saturated carbocycles. The van der Waals surface area contributed by atoms with Crippen molar-refractivity contribution in [3.05, 3.63) is 70.3 Å². The molecule has 0 bridgehead atoms. The minimum Gasteiger partial charge on any atom is -0.494 e. The van der Waals surface area contributed by atoms with E-state index >= 15 is 0 Å². The third-order valence-electron chi connectivity index (χ3n) is 6.08. The van der Waals surface area contributed by atoms with Gasteiger partial charge < -0.3 is 19.5 Å². The Bertz CT molecular complexity index is 1680. The predicted octanol–water partition coefficient (Wildman–Crippen LogP) is 4.89. The van der Waals surface area contributed by atoms with E-state index in [1.807, 2.05) is 20.8 Å². The number of ether oxygens (including phenoxy) is 3. The van der Waals surface area contributed by atoms with Crippen LogP contribution in [0.1, 0.15) is 26.8 Å². The van der Waals surface area contributed by atoms with E-state index in [9.17, 15) is 18.0 Å². The van der Waals surface area contributed by atoms with Crippen molar-refractivity contribution in [3.63, 3.8) is 0 Å². The molecule has 0 aliphatic carbocycles. The quantitative estimate of drug-likeness (QED) is 0.266. The molecule has 10 nitrogen and oxygen atoms in total. The molecule has 212 valence electrons. The topological polar surface area (TPSA) is 116 Å². The van der Waals surface area contributed by atoms with Crippen molar-refractivity contribution in [2.75, 3.05) is 37.0 Å². The van der Waals surface area contributed by atoms with Gasteiger partial charge in [0.1, 0.15) is 12.3 Å². The first kappa shape index (κ1) is 29.0. The number of methoxy groups -OCH3 is 2. The summed E-state index contributed by atoms with van der Waals surface area (Å²) in [6.45, 7) is 5.65. The second kappa shape index (κ2) is 12.0. The fourth-order valence-corrected chi connectivity index (χ4v) is 6.72. The van der Waals surface area contributed by atoms with Crippen molar-refractivity contribution in [2.45, 2.75) is 31.7 Å². The number of thiazole rings is 1. The summed E-state index contributed by atoms with van der Waals surface area (Å²) >= 11 is 1.09. The van der Waals surface area contributed by atoms with Crippen LogP contribution in [0.3, 0.4) is 0 Å². The summed E-state index contributed by atoms with van der Waals surface area (Å²) < 4.78 is 47.2. The SMILES string of the molecule is CCOc1ccc(N(CC(=O)Nc2ccc3c(c2)sc(=O)n3C(C)C)S(=O)(=O)c2ccc(OC)c(OC)c2)cc1. The van der Waals surface area contributed by atoms with Gasteiger partial charge in [-0.05, 0) is 75.4 Å². The van der Waals surface area contributed by atoms with Gasteiger partial charge in [-0.15, -0.1) is 0 Å². The lowest BCUT2D eigenvalue weighted by molar-refractivity contribution is -0.114. The Hall–Kier alpha value is -4.03. The summed E-state index contributed by atoms with van der Waals surface area (Å²) in [5.41, 5.74) is 1.50. The van der Waals surface area contributed by atoms with E-state index in [1.165, 1.54) is 32.4 Å². The number of nitrogens with one attached hydrogen (secondary N) is 1. The number of amides is 1. The first-order chi connectivity index (χ1) is 19.1. The largest absolute Gasteiger partial charge is 0.494 e. The lowest BCUT2D eigenvalue weighted by Gasteiger charge is -2.25. The molecule has 40 heavy (non-hydrogen) atoms. The molecule has 12 heteroatoms. The zero-order valence-corrected chi connectivity index (χ0v) is 24.5. The van der Waals surface area contributed by atoms with Crippen LogP contribution in [-0.2, 0) is 14.8 Å². The van der Waals surface area contributed by atoms with Crippen LogP contribution in [0.4, 0.5) is 11.4 Å². The van der Waals surface area contributed by atoms with Crippen LogP contribution in [0.15, 0.2) is 70.4 Å². The average Bonchev–Trinajstić information content (AvgIpc) is 3.27. The third-order valence-corrected chi connectivity index (χ3v) is 8.77. The summed E-state index contributed by atoms with van der Waals surface area (Å²) in [6.07, 6.45) is 0. The molecule has 0 fully saturated rings. The smallest absolute Gasteiger partial charge is 0.308 e.